The van der Waals surface area contributed by atoms with Gasteiger partial charge < -0.3 is 0 Å². The number of rotatable bonds is 3. The van der Waals surface area contributed by atoms with E-state index in [0.29, 0.717) is 16.9 Å². The summed E-state index contributed by atoms with van der Waals surface area (Å²) in [4.78, 5) is 12.3. The molecule has 2 heterocycles. The average Bonchev–Trinajstić information content (AvgIpc) is 3.02. The molecule has 21 heavy (non-hydrogen) atoms. The highest BCUT2D eigenvalue weighted by atomic mass is 79.9. The van der Waals surface area contributed by atoms with Crippen LogP contribution in [-0.2, 0) is 0 Å². The Kier molecular flexibility index (Phi) is 3.73. The molecular formula is C15H10BrFN2OS. The van der Waals surface area contributed by atoms with E-state index in [0.717, 1.165) is 20.5 Å². The molecule has 0 atom stereocenters. The zero-order valence-corrected chi connectivity index (χ0v) is 13.4. The second kappa shape index (κ2) is 5.54. The van der Waals surface area contributed by atoms with Crippen LogP contribution in [0.3, 0.4) is 0 Å². The quantitative estimate of drug-likeness (QED) is 0.635. The van der Waals surface area contributed by atoms with Crippen molar-refractivity contribution >= 4 is 33.6 Å². The molecular weight excluding hydrogens is 355 g/mol. The molecule has 0 unspecified atom stereocenters. The average molecular weight is 365 g/mol. The first-order valence-corrected chi connectivity index (χ1v) is 7.77. The standard InChI is InChI=1S/C15H10BrFN2OS/c1-9-11(6-14(16)21-9)15-10(8-20)7-19(18-15)13-5-3-2-4-12(13)17/h2-8H,1H3. The number of nitrogens with zero attached hydrogens (tertiary/aromatic N) is 2. The molecule has 3 nitrogen and oxygen atoms in total. The van der Waals surface area contributed by atoms with E-state index in [4.69, 9.17) is 0 Å². The zero-order valence-electron chi connectivity index (χ0n) is 11.0. The Morgan fingerprint density at radius 2 is 2.14 bits per heavy atom. The van der Waals surface area contributed by atoms with Gasteiger partial charge in [0.1, 0.15) is 17.2 Å². The highest BCUT2D eigenvalue weighted by Gasteiger charge is 2.16. The third-order valence-corrected chi connectivity index (χ3v) is 4.67. The molecule has 0 saturated carbocycles. The van der Waals surface area contributed by atoms with Crippen molar-refractivity contribution in [2.75, 3.05) is 0 Å². The summed E-state index contributed by atoms with van der Waals surface area (Å²) in [6.07, 6.45) is 2.29. The van der Waals surface area contributed by atoms with Gasteiger partial charge in [-0.2, -0.15) is 5.10 Å². The van der Waals surface area contributed by atoms with Gasteiger partial charge in [-0.1, -0.05) is 12.1 Å². The Labute approximate surface area is 133 Å². The topological polar surface area (TPSA) is 34.9 Å². The smallest absolute Gasteiger partial charge is 0.153 e. The monoisotopic (exact) mass is 364 g/mol. The molecule has 106 valence electrons. The second-order valence-electron chi connectivity index (χ2n) is 4.47. The molecule has 0 aliphatic rings. The number of carbonyl (C=O) groups excluding carboxylic acids is 1. The maximum absolute atomic E-state index is 13.9. The van der Waals surface area contributed by atoms with Crippen LogP contribution >= 0.6 is 27.3 Å². The van der Waals surface area contributed by atoms with Gasteiger partial charge in [-0.25, -0.2) is 9.07 Å². The molecule has 0 aliphatic carbocycles. The lowest BCUT2D eigenvalue weighted by Gasteiger charge is -2.02. The number of para-hydroxylation sites is 1. The first kappa shape index (κ1) is 14.2. The van der Waals surface area contributed by atoms with E-state index in [9.17, 15) is 9.18 Å². The Balaban J connectivity index is 2.18. The predicted octanol–water partition coefficient (Wildman–Crippen LogP) is 4.62. The van der Waals surface area contributed by atoms with Crippen molar-refractivity contribution in [3.05, 3.63) is 56.6 Å². The highest BCUT2D eigenvalue weighted by Crippen LogP contribution is 2.34. The summed E-state index contributed by atoms with van der Waals surface area (Å²) in [6, 6.07) is 8.25. The molecule has 3 aromatic rings. The first-order chi connectivity index (χ1) is 10.1. The van der Waals surface area contributed by atoms with Crippen molar-refractivity contribution in [2.24, 2.45) is 0 Å². The van der Waals surface area contributed by atoms with Crippen molar-refractivity contribution in [2.45, 2.75) is 6.92 Å². The Bertz CT molecular complexity index is 825. The molecule has 0 radical (unpaired) electrons. The predicted molar refractivity (Wildman–Crippen MR) is 84.7 cm³/mol. The minimum Gasteiger partial charge on any atom is -0.298 e. The van der Waals surface area contributed by atoms with Gasteiger partial charge in [-0.05, 0) is 41.1 Å². The molecule has 6 heteroatoms. The van der Waals surface area contributed by atoms with Gasteiger partial charge >= 0.3 is 0 Å². The van der Waals surface area contributed by atoms with Crippen molar-refractivity contribution < 1.29 is 9.18 Å². The van der Waals surface area contributed by atoms with Crippen molar-refractivity contribution in [3.8, 4) is 16.9 Å². The van der Waals surface area contributed by atoms with Crippen LogP contribution in [-0.4, -0.2) is 16.1 Å². The lowest BCUT2D eigenvalue weighted by atomic mass is 10.1. The van der Waals surface area contributed by atoms with Gasteiger partial charge in [0.2, 0.25) is 0 Å². The van der Waals surface area contributed by atoms with Crippen molar-refractivity contribution in [3.63, 3.8) is 0 Å². The Hall–Kier alpha value is -1.79. The van der Waals surface area contributed by atoms with E-state index < -0.39 is 0 Å². The molecule has 0 bridgehead atoms. The molecule has 0 spiro atoms. The van der Waals surface area contributed by atoms with Crippen LogP contribution in [0.2, 0.25) is 0 Å². The fourth-order valence-electron chi connectivity index (χ4n) is 2.12. The summed E-state index contributed by atoms with van der Waals surface area (Å²) in [5.41, 5.74) is 2.20. The minimum absolute atomic E-state index is 0.318. The summed E-state index contributed by atoms with van der Waals surface area (Å²) in [5, 5.41) is 4.39. The van der Waals surface area contributed by atoms with E-state index in [1.165, 1.54) is 10.7 Å². The highest BCUT2D eigenvalue weighted by molar-refractivity contribution is 9.11. The summed E-state index contributed by atoms with van der Waals surface area (Å²) in [6.45, 7) is 1.96. The molecule has 0 amide bonds. The van der Waals surface area contributed by atoms with Crippen LogP contribution < -0.4 is 0 Å². The van der Waals surface area contributed by atoms with Crippen LogP contribution in [0.5, 0.6) is 0 Å². The van der Waals surface area contributed by atoms with Crippen LogP contribution in [0.1, 0.15) is 15.2 Å². The van der Waals surface area contributed by atoms with Crippen molar-refractivity contribution in [1.29, 1.82) is 0 Å². The number of aldehydes is 1. The summed E-state index contributed by atoms with van der Waals surface area (Å²) >= 11 is 4.99. The Morgan fingerprint density at radius 3 is 2.76 bits per heavy atom. The SMILES string of the molecule is Cc1sc(Br)cc1-c1nn(-c2ccccc2F)cc1C=O. The summed E-state index contributed by atoms with van der Waals surface area (Å²) < 4.78 is 16.2. The van der Waals surface area contributed by atoms with E-state index in [1.54, 1.807) is 35.7 Å². The van der Waals surface area contributed by atoms with E-state index in [1.807, 2.05) is 13.0 Å². The third kappa shape index (κ3) is 2.56. The lowest BCUT2D eigenvalue weighted by Crippen LogP contribution is -1.98. The second-order valence-corrected chi connectivity index (χ2v) is 7.10. The Morgan fingerprint density at radius 1 is 1.38 bits per heavy atom. The summed E-state index contributed by atoms with van der Waals surface area (Å²) in [5.74, 6) is -0.382. The third-order valence-electron chi connectivity index (χ3n) is 3.11. The molecule has 0 N–H and O–H groups in total. The number of halogens is 2. The number of aryl methyl sites for hydroxylation is 1. The molecule has 2 aromatic heterocycles. The number of hydrogen-bond acceptors (Lipinski definition) is 3. The number of thiophene rings is 1. The minimum atomic E-state index is -0.382. The number of carbonyl (C=O) groups is 1. The van der Waals surface area contributed by atoms with Crippen LogP contribution in [0.4, 0.5) is 4.39 Å². The number of aromatic nitrogens is 2. The van der Waals surface area contributed by atoms with Gasteiger partial charge in [0.25, 0.3) is 0 Å². The molecule has 3 rings (SSSR count). The number of hydrogen-bond donors (Lipinski definition) is 0. The van der Waals surface area contributed by atoms with Crippen molar-refractivity contribution in [1.82, 2.24) is 9.78 Å². The number of benzene rings is 1. The molecule has 1 aromatic carbocycles. The zero-order chi connectivity index (χ0) is 15.0. The van der Waals surface area contributed by atoms with Crippen LogP contribution in [0.25, 0.3) is 16.9 Å². The van der Waals surface area contributed by atoms with E-state index in [-0.39, 0.29) is 5.82 Å². The van der Waals surface area contributed by atoms with Crippen LogP contribution in [0, 0.1) is 12.7 Å². The maximum Gasteiger partial charge on any atom is 0.153 e. The van der Waals surface area contributed by atoms with Gasteiger partial charge in [0.05, 0.1) is 9.35 Å². The lowest BCUT2D eigenvalue weighted by molar-refractivity contribution is 0.112. The fraction of sp³-hybridized carbons (Fsp3) is 0.0667. The normalized spacial score (nSPS) is 10.8. The summed E-state index contributed by atoms with van der Waals surface area (Å²) in [7, 11) is 0. The largest absolute Gasteiger partial charge is 0.298 e. The first-order valence-electron chi connectivity index (χ1n) is 6.16. The van der Waals surface area contributed by atoms with Gasteiger partial charge in [0.15, 0.2) is 6.29 Å². The van der Waals surface area contributed by atoms with Gasteiger partial charge in [-0.3, -0.25) is 4.79 Å². The van der Waals surface area contributed by atoms with Crippen LogP contribution in [0.15, 0.2) is 40.3 Å². The van der Waals surface area contributed by atoms with Gasteiger partial charge in [-0.15, -0.1) is 11.3 Å². The molecule has 0 saturated heterocycles. The maximum atomic E-state index is 13.9. The fourth-order valence-corrected chi connectivity index (χ4v) is 3.82. The van der Waals surface area contributed by atoms with Gasteiger partial charge in [0, 0.05) is 16.6 Å². The molecule has 0 fully saturated rings. The van der Waals surface area contributed by atoms with E-state index in [2.05, 4.69) is 21.0 Å². The molecule has 0 aliphatic heterocycles. The van der Waals surface area contributed by atoms with E-state index >= 15 is 0 Å².